The first kappa shape index (κ1) is 23.0. The van der Waals surface area contributed by atoms with Gasteiger partial charge in [-0.25, -0.2) is 4.79 Å². The van der Waals surface area contributed by atoms with E-state index in [2.05, 4.69) is 4.90 Å². The summed E-state index contributed by atoms with van der Waals surface area (Å²) >= 11 is 0. The van der Waals surface area contributed by atoms with Crippen molar-refractivity contribution >= 4 is 5.97 Å². The molecule has 0 saturated carbocycles. The minimum Gasteiger partial charge on any atom is -0.508 e. The number of carbonyl (C=O) groups is 1. The highest BCUT2D eigenvalue weighted by Crippen LogP contribution is 2.44. The molecule has 2 aromatic rings. The van der Waals surface area contributed by atoms with Crippen molar-refractivity contribution in [2.75, 3.05) is 32.8 Å². The molecule has 0 aliphatic carbocycles. The molecule has 2 aromatic carbocycles. The van der Waals surface area contributed by atoms with Gasteiger partial charge in [-0.2, -0.15) is 0 Å². The van der Waals surface area contributed by atoms with Crippen molar-refractivity contribution in [2.24, 2.45) is 5.73 Å². The molecule has 0 bridgehead atoms. The van der Waals surface area contributed by atoms with Crippen molar-refractivity contribution in [3.8, 4) is 17.2 Å². The number of unbranched alkanes of at least 4 members (excludes halogenated alkanes) is 1. The summed E-state index contributed by atoms with van der Waals surface area (Å²) < 4.78 is 17.1. The van der Waals surface area contributed by atoms with Crippen LogP contribution >= 0.6 is 0 Å². The van der Waals surface area contributed by atoms with Gasteiger partial charge in [0, 0.05) is 18.2 Å². The lowest BCUT2D eigenvalue weighted by molar-refractivity contribution is -0.139. The lowest BCUT2D eigenvalue weighted by Gasteiger charge is -2.28. The Morgan fingerprint density at radius 3 is 2.64 bits per heavy atom. The molecule has 7 heteroatoms. The van der Waals surface area contributed by atoms with Crippen LogP contribution in [-0.2, 0) is 9.53 Å². The average molecular weight is 453 g/mol. The number of phenols is 1. The molecule has 7 nitrogen and oxygen atoms in total. The SMILES string of the molecule is CCCCOC(=O)C1=C(N)Oc2cc(O)ccc2C1c1ccc(OCCN2CCCC2)cc1. The van der Waals surface area contributed by atoms with Crippen LogP contribution in [-0.4, -0.2) is 48.8 Å². The molecule has 0 aromatic heterocycles. The molecule has 2 aliphatic heterocycles. The lowest BCUT2D eigenvalue weighted by atomic mass is 9.83. The predicted octanol–water partition coefficient (Wildman–Crippen LogP) is 3.90. The van der Waals surface area contributed by atoms with Gasteiger partial charge in [0.2, 0.25) is 5.88 Å². The van der Waals surface area contributed by atoms with Crippen molar-refractivity contribution < 1.29 is 24.1 Å². The number of nitrogens with zero attached hydrogens (tertiary/aromatic N) is 1. The second kappa shape index (κ2) is 10.6. The fourth-order valence-corrected chi connectivity index (χ4v) is 4.33. The maximum Gasteiger partial charge on any atom is 0.340 e. The number of rotatable bonds is 9. The number of carbonyl (C=O) groups excluding carboxylic acids is 1. The Morgan fingerprint density at radius 1 is 1.15 bits per heavy atom. The van der Waals surface area contributed by atoms with Gasteiger partial charge in [-0.1, -0.05) is 31.5 Å². The summed E-state index contributed by atoms with van der Waals surface area (Å²) in [5, 5.41) is 9.90. The van der Waals surface area contributed by atoms with Gasteiger partial charge in [-0.05, 0) is 56.1 Å². The number of benzene rings is 2. The van der Waals surface area contributed by atoms with Gasteiger partial charge in [-0.3, -0.25) is 4.90 Å². The van der Waals surface area contributed by atoms with Crippen molar-refractivity contribution in [3.63, 3.8) is 0 Å². The highest BCUT2D eigenvalue weighted by Gasteiger charge is 2.35. The van der Waals surface area contributed by atoms with Crippen molar-refractivity contribution in [3.05, 3.63) is 65.0 Å². The molecule has 3 N–H and O–H groups in total. The second-order valence-electron chi connectivity index (χ2n) is 8.49. The Kier molecular flexibility index (Phi) is 7.40. The van der Waals surface area contributed by atoms with Gasteiger partial charge >= 0.3 is 5.97 Å². The molecule has 0 radical (unpaired) electrons. The number of hydrogen-bond donors (Lipinski definition) is 2. The number of aromatic hydroxyl groups is 1. The number of likely N-dealkylation sites (tertiary alicyclic amines) is 1. The number of fused-ring (bicyclic) bond motifs is 1. The summed E-state index contributed by atoms with van der Waals surface area (Å²) in [4.78, 5) is 15.4. The molecule has 4 rings (SSSR count). The Bertz CT molecular complexity index is 996. The molecule has 2 heterocycles. The minimum atomic E-state index is -0.490. The van der Waals surface area contributed by atoms with Gasteiger partial charge in [0.25, 0.3) is 0 Å². The van der Waals surface area contributed by atoms with Crippen LogP contribution in [0.15, 0.2) is 53.9 Å². The van der Waals surface area contributed by atoms with E-state index in [1.165, 1.54) is 18.9 Å². The third kappa shape index (κ3) is 5.42. The molecule has 176 valence electrons. The first-order chi connectivity index (χ1) is 16.1. The van der Waals surface area contributed by atoms with E-state index in [-0.39, 0.29) is 17.2 Å². The largest absolute Gasteiger partial charge is 0.508 e. The zero-order valence-corrected chi connectivity index (χ0v) is 19.1. The van der Waals surface area contributed by atoms with E-state index in [0.29, 0.717) is 19.0 Å². The van der Waals surface area contributed by atoms with Crippen LogP contribution in [0.3, 0.4) is 0 Å². The molecule has 1 unspecified atom stereocenters. The first-order valence-electron chi connectivity index (χ1n) is 11.7. The summed E-state index contributed by atoms with van der Waals surface area (Å²) in [7, 11) is 0. The van der Waals surface area contributed by atoms with Crippen LogP contribution in [0.2, 0.25) is 0 Å². The smallest absolute Gasteiger partial charge is 0.340 e. The minimum absolute atomic E-state index is 0.00876. The van der Waals surface area contributed by atoms with Crippen LogP contribution in [0, 0.1) is 0 Å². The summed E-state index contributed by atoms with van der Waals surface area (Å²) in [6.07, 6.45) is 4.22. The maximum absolute atomic E-state index is 13.0. The first-order valence-corrected chi connectivity index (χ1v) is 11.7. The van der Waals surface area contributed by atoms with E-state index in [4.69, 9.17) is 19.9 Å². The van der Waals surface area contributed by atoms with E-state index in [1.54, 1.807) is 12.1 Å². The van der Waals surface area contributed by atoms with Crippen LogP contribution in [0.1, 0.15) is 49.7 Å². The van der Waals surface area contributed by atoms with Gasteiger partial charge in [0.1, 0.15) is 29.4 Å². The number of esters is 1. The zero-order chi connectivity index (χ0) is 23.2. The Hall–Kier alpha value is -3.19. The number of hydrogen-bond acceptors (Lipinski definition) is 7. The molecule has 1 atom stereocenters. The fourth-order valence-electron chi connectivity index (χ4n) is 4.33. The topological polar surface area (TPSA) is 94.2 Å². The average Bonchev–Trinajstić information content (AvgIpc) is 3.32. The summed E-state index contributed by atoms with van der Waals surface area (Å²) in [5.74, 6) is 0.299. The van der Waals surface area contributed by atoms with Gasteiger partial charge < -0.3 is 25.1 Å². The molecular formula is C26H32N2O5. The van der Waals surface area contributed by atoms with Crippen molar-refractivity contribution in [2.45, 2.75) is 38.5 Å². The number of phenolic OH excluding ortho intramolecular Hbond substituents is 1. The molecule has 0 spiro atoms. The highest BCUT2D eigenvalue weighted by atomic mass is 16.5. The summed E-state index contributed by atoms with van der Waals surface area (Å²) in [6.45, 7) is 6.21. The van der Waals surface area contributed by atoms with Crippen LogP contribution in [0.5, 0.6) is 17.2 Å². The monoisotopic (exact) mass is 452 g/mol. The van der Waals surface area contributed by atoms with E-state index < -0.39 is 11.9 Å². The maximum atomic E-state index is 13.0. The molecule has 1 fully saturated rings. The Labute approximate surface area is 194 Å². The zero-order valence-electron chi connectivity index (χ0n) is 19.1. The molecule has 2 aliphatic rings. The van der Waals surface area contributed by atoms with Gasteiger partial charge in [0.05, 0.1) is 12.5 Å². The van der Waals surface area contributed by atoms with Gasteiger partial charge in [-0.15, -0.1) is 0 Å². The van der Waals surface area contributed by atoms with E-state index in [9.17, 15) is 9.90 Å². The van der Waals surface area contributed by atoms with E-state index in [1.807, 2.05) is 31.2 Å². The second-order valence-corrected chi connectivity index (χ2v) is 8.49. The fraction of sp³-hybridized carbons (Fsp3) is 0.423. The number of nitrogens with two attached hydrogens (primary N) is 1. The summed E-state index contributed by atoms with van der Waals surface area (Å²) in [5.41, 5.74) is 8.05. The van der Waals surface area contributed by atoms with Gasteiger partial charge in [0.15, 0.2) is 0 Å². The van der Waals surface area contributed by atoms with Crippen molar-refractivity contribution in [1.29, 1.82) is 0 Å². The molecule has 0 amide bonds. The van der Waals surface area contributed by atoms with Crippen LogP contribution in [0.25, 0.3) is 0 Å². The van der Waals surface area contributed by atoms with E-state index >= 15 is 0 Å². The molecule has 33 heavy (non-hydrogen) atoms. The Balaban J connectivity index is 1.56. The third-order valence-corrected chi connectivity index (χ3v) is 6.12. The summed E-state index contributed by atoms with van der Waals surface area (Å²) in [6, 6.07) is 12.5. The predicted molar refractivity (Wildman–Crippen MR) is 125 cm³/mol. The van der Waals surface area contributed by atoms with Crippen LogP contribution in [0.4, 0.5) is 0 Å². The third-order valence-electron chi connectivity index (χ3n) is 6.12. The van der Waals surface area contributed by atoms with Crippen LogP contribution < -0.4 is 15.2 Å². The standard InChI is InChI=1S/C26H32N2O5/c1-2-3-15-32-26(30)24-23(21-11-8-19(29)17-22(21)33-25(24)27)18-6-9-20(10-7-18)31-16-14-28-12-4-5-13-28/h6-11,17,23,29H,2-5,12-16,27H2,1H3. The quantitative estimate of drug-likeness (QED) is 0.440. The lowest BCUT2D eigenvalue weighted by Crippen LogP contribution is -2.27. The van der Waals surface area contributed by atoms with Crippen molar-refractivity contribution in [1.82, 2.24) is 4.90 Å². The Morgan fingerprint density at radius 2 is 1.91 bits per heavy atom. The highest BCUT2D eigenvalue weighted by molar-refractivity contribution is 5.92. The van der Waals surface area contributed by atoms with E-state index in [0.717, 1.165) is 49.4 Å². The molecule has 1 saturated heterocycles. The normalized spacial score (nSPS) is 18.0. The number of ether oxygens (including phenoxy) is 3. The molecular weight excluding hydrogens is 420 g/mol.